The molecule has 3 amide bonds. The molecular weight excluding hydrogens is 368 g/mol. The highest BCUT2D eigenvalue weighted by Gasteiger charge is 2.37. The van der Waals surface area contributed by atoms with Crippen LogP contribution in [-0.2, 0) is 0 Å². The fourth-order valence-electron chi connectivity index (χ4n) is 3.23. The number of imide groups is 1. The highest BCUT2D eigenvalue weighted by Crippen LogP contribution is 2.30. The summed E-state index contributed by atoms with van der Waals surface area (Å²) in [4.78, 5) is 39.4. The summed E-state index contributed by atoms with van der Waals surface area (Å²) in [6.07, 6.45) is 0. The molecule has 29 heavy (non-hydrogen) atoms. The van der Waals surface area contributed by atoms with Crippen LogP contribution in [-0.4, -0.2) is 22.8 Å². The molecule has 0 radical (unpaired) electrons. The van der Waals surface area contributed by atoms with Gasteiger partial charge in [-0.1, -0.05) is 6.07 Å². The first-order chi connectivity index (χ1) is 13.8. The summed E-state index contributed by atoms with van der Waals surface area (Å²) in [6.45, 7) is 3.88. The molecular formula is C23H18N2O4. The van der Waals surface area contributed by atoms with Gasteiger partial charge in [-0.25, -0.2) is 4.90 Å². The molecule has 0 bridgehead atoms. The Balaban J connectivity index is 1.63. The van der Waals surface area contributed by atoms with Gasteiger partial charge < -0.3 is 10.4 Å². The number of rotatable bonds is 3. The molecule has 1 heterocycles. The number of benzene rings is 3. The van der Waals surface area contributed by atoms with E-state index in [4.69, 9.17) is 0 Å². The van der Waals surface area contributed by atoms with Gasteiger partial charge in [-0.3, -0.25) is 14.4 Å². The average molecular weight is 386 g/mol. The third kappa shape index (κ3) is 3.25. The van der Waals surface area contributed by atoms with Crippen molar-refractivity contribution in [3.05, 3.63) is 88.5 Å². The number of carbonyl (C=O) groups is 3. The largest absolute Gasteiger partial charge is 0.508 e. The Morgan fingerprint density at radius 1 is 0.828 bits per heavy atom. The molecule has 144 valence electrons. The smallest absolute Gasteiger partial charge is 0.266 e. The molecule has 0 unspecified atom stereocenters. The third-order valence-corrected chi connectivity index (χ3v) is 5.02. The fourth-order valence-corrected chi connectivity index (χ4v) is 3.23. The third-order valence-electron chi connectivity index (χ3n) is 5.02. The molecule has 6 heteroatoms. The molecule has 0 saturated carbocycles. The maximum Gasteiger partial charge on any atom is 0.266 e. The van der Waals surface area contributed by atoms with Crippen molar-refractivity contribution >= 4 is 29.1 Å². The Kier molecular flexibility index (Phi) is 4.39. The van der Waals surface area contributed by atoms with Crippen LogP contribution >= 0.6 is 0 Å². The van der Waals surface area contributed by atoms with Crippen LogP contribution in [0, 0.1) is 13.8 Å². The molecule has 0 atom stereocenters. The standard InChI is InChI=1S/C23H18N2O4/c1-13-3-7-17(11-14(13)2)25-22(28)19-10-4-15(12-20(19)23(25)29)21(27)24-16-5-8-18(26)9-6-16/h3-12,26H,1-2H3,(H,24,27). The number of aromatic hydroxyl groups is 1. The van der Waals surface area contributed by atoms with Gasteiger partial charge in [-0.2, -0.15) is 0 Å². The van der Waals surface area contributed by atoms with E-state index in [9.17, 15) is 19.5 Å². The van der Waals surface area contributed by atoms with Gasteiger partial charge in [0.25, 0.3) is 17.7 Å². The summed E-state index contributed by atoms with van der Waals surface area (Å²) in [7, 11) is 0. The summed E-state index contributed by atoms with van der Waals surface area (Å²) < 4.78 is 0. The molecule has 0 fully saturated rings. The summed E-state index contributed by atoms with van der Waals surface area (Å²) in [5, 5.41) is 12.0. The molecule has 2 N–H and O–H groups in total. The second-order valence-corrected chi connectivity index (χ2v) is 6.98. The molecule has 1 aliphatic heterocycles. The molecule has 3 aromatic rings. The van der Waals surface area contributed by atoms with Crippen molar-refractivity contribution in [2.45, 2.75) is 13.8 Å². The predicted molar refractivity (Wildman–Crippen MR) is 110 cm³/mol. The van der Waals surface area contributed by atoms with Gasteiger partial charge in [0.15, 0.2) is 0 Å². The Morgan fingerprint density at radius 3 is 2.21 bits per heavy atom. The van der Waals surface area contributed by atoms with Gasteiger partial charge in [-0.05, 0) is 79.6 Å². The number of amides is 3. The normalized spacial score (nSPS) is 12.8. The first-order valence-electron chi connectivity index (χ1n) is 9.05. The van der Waals surface area contributed by atoms with E-state index in [-0.39, 0.29) is 22.4 Å². The quantitative estimate of drug-likeness (QED) is 0.525. The minimum atomic E-state index is -0.451. The number of hydrogen-bond acceptors (Lipinski definition) is 4. The second kappa shape index (κ2) is 6.91. The zero-order valence-electron chi connectivity index (χ0n) is 15.9. The van der Waals surface area contributed by atoms with Crippen molar-refractivity contribution in [2.75, 3.05) is 10.2 Å². The van der Waals surface area contributed by atoms with Crippen molar-refractivity contribution in [1.82, 2.24) is 0 Å². The molecule has 0 aromatic heterocycles. The van der Waals surface area contributed by atoms with Crippen LogP contribution in [0.5, 0.6) is 5.75 Å². The van der Waals surface area contributed by atoms with Crippen LogP contribution in [0.4, 0.5) is 11.4 Å². The number of nitrogens with one attached hydrogen (secondary N) is 1. The van der Waals surface area contributed by atoms with E-state index in [0.29, 0.717) is 11.4 Å². The Labute approximate surface area is 167 Å². The number of anilines is 2. The van der Waals surface area contributed by atoms with Gasteiger partial charge in [-0.15, -0.1) is 0 Å². The topological polar surface area (TPSA) is 86.7 Å². The lowest BCUT2D eigenvalue weighted by Gasteiger charge is -2.15. The Morgan fingerprint density at radius 2 is 1.52 bits per heavy atom. The number of hydrogen-bond donors (Lipinski definition) is 2. The van der Waals surface area contributed by atoms with Crippen molar-refractivity contribution in [2.24, 2.45) is 0 Å². The highest BCUT2D eigenvalue weighted by molar-refractivity contribution is 6.34. The lowest BCUT2D eigenvalue weighted by Crippen LogP contribution is -2.29. The van der Waals surface area contributed by atoms with Crippen LogP contribution in [0.3, 0.4) is 0 Å². The zero-order valence-corrected chi connectivity index (χ0v) is 15.9. The summed E-state index contributed by atoms with van der Waals surface area (Å²) in [5.74, 6) is -1.18. The van der Waals surface area contributed by atoms with Gasteiger partial charge >= 0.3 is 0 Å². The minimum absolute atomic E-state index is 0.0936. The summed E-state index contributed by atoms with van der Waals surface area (Å²) in [5.41, 5.74) is 3.80. The van der Waals surface area contributed by atoms with Crippen LogP contribution in [0.1, 0.15) is 42.2 Å². The van der Waals surface area contributed by atoms with Crippen LogP contribution < -0.4 is 10.2 Å². The maximum atomic E-state index is 12.9. The Bertz CT molecular complexity index is 1170. The second-order valence-electron chi connectivity index (χ2n) is 6.98. The molecule has 4 rings (SSSR count). The number of phenols is 1. The lowest BCUT2D eigenvalue weighted by atomic mass is 10.1. The minimum Gasteiger partial charge on any atom is -0.508 e. The molecule has 1 aliphatic rings. The number of fused-ring (bicyclic) bond motifs is 1. The fraction of sp³-hybridized carbons (Fsp3) is 0.0870. The maximum absolute atomic E-state index is 12.9. The first-order valence-corrected chi connectivity index (χ1v) is 9.05. The van der Waals surface area contributed by atoms with E-state index in [0.717, 1.165) is 16.0 Å². The van der Waals surface area contributed by atoms with E-state index >= 15 is 0 Å². The predicted octanol–water partition coefficient (Wildman–Crippen LogP) is 4.06. The molecule has 3 aromatic carbocycles. The summed E-state index contributed by atoms with van der Waals surface area (Å²) in [6, 6.07) is 15.9. The van der Waals surface area contributed by atoms with Crippen molar-refractivity contribution in [1.29, 1.82) is 0 Å². The lowest BCUT2D eigenvalue weighted by molar-refractivity contribution is 0.0925. The van der Waals surface area contributed by atoms with E-state index in [1.54, 1.807) is 24.3 Å². The highest BCUT2D eigenvalue weighted by atomic mass is 16.3. The van der Waals surface area contributed by atoms with Gasteiger partial charge in [0, 0.05) is 11.3 Å². The first kappa shape index (κ1) is 18.4. The Hall–Kier alpha value is -3.93. The molecule has 6 nitrogen and oxygen atoms in total. The van der Waals surface area contributed by atoms with Crippen molar-refractivity contribution < 1.29 is 19.5 Å². The number of phenolic OH excluding ortho intramolecular Hbond substituents is 1. The molecule has 0 spiro atoms. The molecule has 0 aliphatic carbocycles. The van der Waals surface area contributed by atoms with Gasteiger partial charge in [0.05, 0.1) is 16.8 Å². The van der Waals surface area contributed by atoms with Gasteiger partial charge in [0.1, 0.15) is 5.75 Å². The van der Waals surface area contributed by atoms with Crippen molar-refractivity contribution in [3.63, 3.8) is 0 Å². The zero-order chi connectivity index (χ0) is 20.7. The number of carbonyl (C=O) groups excluding carboxylic acids is 3. The summed E-state index contributed by atoms with van der Waals surface area (Å²) >= 11 is 0. The SMILES string of the molecule is Cc1ccc(N2C(=O)c3ccc(C(=O)Nc4ccc(O)cc4)cc3C2=O)cc1C. The van der Waals surface area contributed by atoms with E-state index in [1.807, 2.05) is 19.9 Å². The van der Waals surface area contributed by atoms with Crippen LogP contribution in [0.15, 0.2) is 60.7 Å². The monoisotopic (exact) mass is 386 g/mol. The van der Waals surface area contributed by atoms with Crippen LogP contribution in [0.25, 0.3) is 0 Å². The molecule has 0 saturated heterocycles. The van der Waals surface area contributed by atoms with Crippen LogP contribution in [0.2, 0.25) is 0 Å². The average Bonchev–Trinajstić information content (AvgIpc) is 2.96. The number of nitrogens with zero attached hydrogens (tertiary/aromatic N) is 1. The van der Waals surface area contributed by atoms with E-state index < -0.39 is 17.7 Å². The van der Waals surface area contributed by atoms with E-state index in [2.05, 4.69) is 5.32 Å². The number of aryl methyl sites for hydroxylation is 2. The van der Waals surface area contributed by atoms with Crippen molar-refractivity contribution in [3.8, 4) is 5.75 Å². The van der Waals surface area contributed by atoms with Gasteiger partial charge in [0.2, 0.25) is 0 Å². The van der Waals surface area contributed by atoms with E-state index in [1.165, 1.54) is 30.3 Å².